The standard InChI is InChI=1S/C5H9Br.H4Si/c6-5-3-1-2-4-5;/h5H,1-4H2;1H4. The molecule has 0 aromatic carbocycles. The molecule has 0 unspecified atom stereocenters. The van der Waals surface area contributed by atoms with E-state index in [9.17, 15) is 0 Å². The van der Waals surface area contributed by atoms with Crippen LogP contribution in [0.4, 0.5) is 0 Å². The van der Waals surface area contributed by atoms with Crippen molar-refractivity contribution in [2.45, 2.75) is 30.5 Å². The Morgan fingerprint density at radius 1 is 1.14 bits per heavy atom. The largest absolute Gasteiger partial charge is 0.0891 e. The Labute approximate surface area is 57.8 Å². The van der Waals surface area contributed by atoms with Crippen LogP contribution in [-0.2, 0) is 0 Å². The molecule has 7 heavy (non-hydrogen) atoms. The second-order valence-electron chi connectivity index (χ2n) is 1.88. The number of halogens is 1. The second-order valence-corrected chi connectivity index (χ2v) is 3.18. The fraction of sp³-hybridized carbons (Fsp3) is 1.00. The van der Waals surface area contributed by atoms with Crippen molar-refractivity contribution >= 4 is 26.9 Å². The normalized spacial score (nSPS) is 21.9. The first-order valence-electron chi connectivity index (χ1n) is 2.53. The minimum absolute atomic E-state index is 0. The Hall–Kier alpha value is 0.697. The molecule has 0 spiro atoms. The Morgan fingerprint density at radius 2 is 1.57 bits per heavy atom. The van der Waals surface area contributed by atoms with Crippen LogP contribution in [0.1, 0.15) is 25.7 Å². The third-order valence-corrected chi connectivity index (χ3v) is 2.20. The molecule has 0 saturated heterocycles. The van der Waals surface area contributed by atoms with Gasteiger partial charge in [0.1, 0.15) is 0 Å². The maximum absolute atomic E-state index is 3.54. The van der Waals surface area contributed by atoms with E-state index in [0.29, 0.717) is 0 Å². The highest BCUT2D eigenvalue weighted by atomic mass is 79.9. The van der Waals surface area contributed by atoms with Crippen LogP contribution in [0.2, 0.25) is 0 Å². The zero-order valence-corrected chi connectivity index (χ0v) is 5.37. The molecule has 0 bridgehead atoms. The molecule has 44 valence electrons. The molecule has 1 aliphatic carbocycles. The highest BCUT2D eigenvalue weighted by Gasteiger charge is 2.09. The number of alkyl halides is 1. The van der Waals surface area contributed by atoms with E-state index >= 15 is 0 Å². The molecule has 0 N–H and O–H groups in total. The Balaban J connectivity index is 0.000000360. The first kappa shape index (κ1) is 7.70. The van der Waals surface area contributed by atoms with Gasteiger partial charge >= 0.3 is 0 Å². The van der Waals surface area contributed by atoms with Crippen molar-refractivity contribution in [3.05, 3.63) is 0 Å². The lowest BCUT2D eigenvalue weighted by Gasteiger charge is -1.88. The van der Waals surface area contributed by atoms with Gasteiger partial charge in [-0.15, -0.1) is 0 Å². The minimum atomic E-state index is 0. The lowest BCUT2D eigenvalue weighted by Crippen LogP contribution is -1.81. The van der Waals surface area contributed by atoms with E-state index in [1.165, 1.54) is 25.7 Å². The molecule has 0 aromatic rings. The number of hydrogen-bond donors (Lipinski definition) is 0. The van der Waals surface area contributed by atoms with Crippen molar-refractivity contribution in [3.63, 3.8) is 0 Å². The summed E-state index contributed by atoms with van der Waals surface area (Å²) in [6.07, 6.45) is 5.69. The Morgan fingerprint density at radius 3 is 1.71 bits per heavy atom. The van der Waals surface area contributed by atoms with Crippen molar-refractivity contribution in [1.29, 1.82) is 0 Å². The second kappa shape index (κ2) is 3.67. The summed E-state index contributed by atoms with van der Waals surface area (Å²) in [5.74, 6) is 0. The van der Waals surface area contributed by atoms with Crippen LogP contribution in [0.3, 0.4) is 0 Å². The van der Waals surface area contributed by atoms with Gasteiger partial charge in [-0.2, -0.15) is 0 Å². The molecule has 1 fully saturated rings. The molecule has 0 heterocycles. The van der Waals surface area contributed by atoms with Gasteiger partial charge in [0.05, 0.1) is 0 Å². The van der Waals surface area contributed by atoms with Gasteiger partial charge < -0.3 is 0 Å². The van der Waals surface area contributed by atoms with Crippen molar-refractivity contribution in [3.8, 4) is 0 Å². The predicted octanol–water partition coefficient (Wildman–Crippen LogP) is 0.872. The first-order chi connectivity index (χ1) is 2.89. The molecule has 0 atom stereocenters. The van der Waals surface area contributed by atoms with E-state index in [1.54, 1.807) is 0 Å². The summed E-state index contributed by atoms with van der Waals surface area (Å²) in [7, 11) is 0. The van der Waals surface area contributed by atoms with Gasteiger partial charge in [-0.25, -0.2) is 0 Å². The quantitative estimate of drug-likeness (QED) is 0.384. The fourth-order valence-corrected chi connectivity index (χ4v) is 1.52. The van der Waals surface area contributed by atoms with Crippen molar-refractivity contribution in [2.75, 3.05) is 0 Å². The highest BCUT2D eigenvalue weighted by molar-refractivity contribution is 9.09. The van der Waals surface area contributed by atoms with Crippen LogP contribution in [0.25, 0.3) is 0 Å². The smallest absolute Gasteiger partial charge is 0.0145 e. The Kier molecular flexibility index (Phi) is 4.03. The van der Waals surface area contributed by atoms with Crippen LogP contribution in [0, 0.1) is 0 Å². The zero-order valence-electron chi connectivity index (χ0n) is 3.78. The SMILES string of the molecule is BrC1CCCC1.[SiH4]. The molecule has 0 radical (unpaired) electrons. The lowest BCUT2D eigenvalue weighted by atomic mass is 10.4. The third kappa shape index (κ3) is 2.49. The molecule has 0 amide bonds. The molecule has 1 saturated carbocycles. The fourth-order valence-electron chi connectivity index (χ4n) is 0.876. The molecule has 0 nitrogen and oxygen atoms in total. The van der Waals surface area contributed by atoms with E-state index in [2.05, 4.69) is 15.9 Å². The van der Waals surface area contributed by atoms with E-state index < -0.39 is 0 Å². The molecule has 0 aromatic heterocycles. The van der Waals surface area contributed by atoms with Gasteiger partial charge in [0, 0.05) is 4.83 Å². The van der Waals surface area contributed by atoms with Crippen LogP contribution < -0.4 is 0 Å². The summed E-state index contributed by atoms with van der Waals surface area (Å²) in [5.41, 5.74) is 0. The topological polar surface area (TPSA) is 0 Å². The monoisotopic (exact) mass is 180 g/mol. The lowest BCUT2D eigenvalue weighted by molar-refractivity contribution is 0.886. The van der Waals surface area contributed by atoms with Gasteiger partial charge in [-0.05, 0) is 23.8 Å². The highest BCUT2D eigenvalue weighted by Crippen LogP contribution is 2.23. The maximum atomic E-state index is 3.54. The molecule has 1 aliphatic rings. The summed E-state index contributed by atoms with van der Waals surface area (Å²) < 4.78 is 0. The summed E-state index contributed by atoms with van der Waals surface area (Å²) >= 11 is 3.54. The van der Waals surface area contributed by atoms with Gasteiger partial charge in [-0.3, -0.25) is 0 Å². The summed E-state index contributed by atoms with van der Waals surface area (Å²) in [5, 5.41) is 0. The maximum Gasteiger partial charge on any atom is 0.0145 e. The first-order valence-corrected chi connectivity index (χ1v) is 3.45. The van der Waals surface area contributed by atoms with Crippen molar-refractivity contribution < 1.29 is 0 Å². The van der Waals surface area contributed by atoms with Crippen molar-refractivity contribution in [2.24, 2.45) is 0 Å². The van der Waals surface area contributed by atoms with Gasteiger partial charge in [0.2, 0.25) is 0 Å². The van der Waals surface area contributed by atoms with Gasteiger partial charge in [-0.1, -0.05) is 28.8 Å². The zero-order chi connectivity index (χ0) is 4.41. The molecular formula is C5H13BrSi. The number of rotatable bonds is 0. The van der Waals surface area contributed by atoms with E-state index in [1.807, 2.05) is 0 Å². The van der Waals surface area contributed by atoms with Crippen LogP contribution in [0.15, 0.2) is 0 Å². The van der Waals surface area contributed by atoms with Gasteiger partial charge in [0.25, 0.3) is 0 Å². The molecule has 1 rings (SSSR count). The molecule has 2 heteroatoms. The van der Waals surface area contributed by atoms with Crippen molar-refractivity contribution in [1.82, 2.24) is 0 Å². The Bertz CT molecular complexity index is 41.3. The number of hydrogen-bond acceptors (Lipinski definition) is 0. The summed E-state index contributed by atoms with van der Waals surface area (Å²) in [6, 6.07) is 0. The van der Waals surface area contributed by atoms with Crippen LogP contribution >= 0.6 is 15.9 Å². The molecule has 0 aliphatic heterocycles. The van der Waals surface area contributed by atoms with Crippen LogP contribution in [-0.4, -0.2) is 15.8 Å². The van der Waals surface area contributed by atoms with Crippen LogP contribution in [0.5, 0.6) is 0 Å². The van der Waals surface area contributed by atoms with E-state index in [-0.39, 0.29) is 11.0 Å². The minimum Gasteiger partial charge on any atom is -0.0891 e. The molecular weight excluding hydrogens is 168 g/mol. The van der Waals surface area contributed by atoms with E-state index in [4.69, 9.17) is 0 Å². The summed E-state index contributed by atoms with van der Waals surface area (Å²) in [6.45, 7) is 0. The summed E-state index contributed by atoms with van der Waals surface area (Å²) in [4.78, 5) is 0.859. The van der Waals surface area contributed by atoms with Gasteiger partial charge in [0.15, 0.2) is 0 Å². The van der Waals surface area contributed by atoms with E-state index in [0.717, 1.165) is 4.83 Å². The average molecular weight is 181 g/mol. The predicted molar refractivity (Wildman–Crippen MR) is 42.5 cm³/mol. The third-order valence-electron chi connectivity index (χ3n) is 1.28. The average Bonchev–Trinajstić information content (AvgIpc) is 1.86.